The van der Waals surface area contributed by atoms with Crippen LogP contribution in [0.1, 0.15) is 18.1 Å². The van der Waals surface area contributed by atoms with E-state index in [4.69, 9.17) is 10.5 Å². The first-order valence-corrected chi connectivity index (χ1v) is 6.93. The molecule has 0 saturated heterocycles. The number of nitrogens with one attached hydrogen (secondary N) is 1. The number of amides is 1. The maximum Gasteiger partial charge on any atom is 0.234 e. The van der Waals surface area contributed by atoms with Gasteiger partial charge in [0, 0.05) is 6.54 Å². The van der Waals surface area contributed by atoms with Crippen LogP contribution in [0.3, 0.4) is 0 Å². The second kappa shape index (κ2) is 7.45. The van der Waals surface area contributed by atoms with E-state index < -0.39 is 0 Å². The fourth-order valence-corrected chi connectivity index (χ4v) is 1.81. The molecule has 21 heavy (non-hydrogen) atoms. The molecule has 1 amide bonds. The summed E-state index contributed by atoms with van der Waals surface area (Å²) in [6.45, 7) is 2.91. The molecule has 2 aromatic rings. The molecule has 4 nitrogen and oxygen atoms in total. The Morgan fingerprint density at radius 3 is 2.33 bits per heavy atom. The zero-order valence-corrected chi connectivity index (χ0v) is 12.1. The lowest BCUT2D eigenvalue weighted by atomic mass is 10.1. The lowest BCUT2D eigenvalue weighted by Gasteiger charge is -2.10. The molecule has 0 spiro atoms. The Hall–Kier alpha value is -2.33. The van der Waals surface area contributed by atoms with Crippen molar-refractivity contribution in [2.24, 2.45) is 5.73 Å². The minimum absolute atomic E-state index is 0.328. The van der Waals surface area contributed by atoms with E-state index in [0.717, 1.165) is 16.9 Å². The molecule has 4 heteroatoms. The SMILES string of the molecule is C[C@@H](NCc1ccc(COc2ccccc2)cc1)C(N)=O. The summed E-state index contributed by atoms with van der Waals surface area (Å²) in [6.07, 6.45) is 0. The lowest BCUT2D eigenvalue weighted by Crippen LogP contribution is -2.38. The van der Waals surface area contributed by atoms with Crippen LogP contribution in [0, 0.1) is 0 Å². The quantitative estimate of drug-likeness (QED) is 0.819. The van der Waals surface area contributed by atoms with Crippen molar-refractivity contribution in [1.29, 1.82) is 0 Å². The Labute approximate surface area is 124 Å². The van der Waals surface area contributed by atoms with Gasteiger partial charge in [-0.2, -0.15) is 0 Å². The molecular formula is C17H20N2O2. The van der Waals surface area contributed by atoms with Gasteiger partial charge in [-0.15, -0.1) is 0 Å². The van der Waals surface area contributed by atoms with Gasteiger partial charge < -0.3 is 15.8 Å². The van der Waals surface area contributed by atoms with Crippen LogP contribution >= 0.6 is 0 Å². The lowest BCUT2D eigenvalue weighted by molar-refractivity contribution is -0.119. The maximum atomic E-state index is 10.9. The molecule has 0 aliphatic rings. The van der Waals surface area contributed by atoms with Crippen molar-refractivity contribution < 1.29 is 9.53 Å². The summed E-state index contributed by atoms with van der Waals surface area (Å²) in [5.41, 5.74) is 7.41. The van der Waals surface area contributed by atoms with Crippen LogP contribution in [0.25, 0.3) is 0 Å². The summed E-state index contributed by atoms with van der Waals surface area (Å²) in [5, 5.41) is 3.07. The van der Waals surface area contributed by atoms with Gasteiger partial charge in [0.25, 0.3) is 0 Å². The summed E-state index contributed by atoms with van der Waals surface area (Å²) in [7, 11) is 0. The molecule has 0 aliphatic heterocycles. The third kappa shape index (κ3) is 4.93. The van der Waals surface area contributed by atoms with Crippen molar-refractivity contribution in [1.82, 2.24) is 5.32 Å². The molecule has 0 unspecified atom stereocenters. The summed E-state index contributed by atoms with van der Waals surface area (Å²) < 4.78 is 5.68. The first kappa shape index (κ1) is 15.1. The van der Waals surface area contributed by atoms with E-state index in [0.29, 0.717) is 13.2 Å². The summed E-state index contributed by atoms with van der Waals surface area (Å²) in [4.78, 5) is 10.9. The van der Waals surface area contributed by atoms with Crippen molar-refractivity contribution in [2.45, 2.75) is 26.1 Å². The standard InChI is InChI=1S/C17H20N2O2/c1-13(17(18)20)19-11-14-7-9-15(10-8-14)12-21-16-5-3-2-4-6-16/h2-10,13,19H,11-12H2,1H3,(H2,18,20)/t13-/m1/s1. The van der Waals surface area contributed by atoms with Crippen LogP contribution in [0.4, 0.5) is 0 Å². The molecule has 0 aromatic heterocycles. The molecule has 2 aromatic carbocycles. The fourth-order valence-electron chi connectivity index (χ4n) is 1.81. The van der Waals surface area contributed by atoms with Gasteiger partial charge in [0.05, 0.1) is 6.04 Å². The van der Waals surface area contributed by atoms with Crippen molar-refractivity contribution in [3.63, 3.8) is 0 Å². The minimum atomic E-state index is -0.345. The highest BCUT2D eigenvalue weighted by Crippen LogP contribution is 2.12. The van der Waals surface area contributed by atoms with Crippen LogP contribution in [0.15, 0.2) is 54.6 Å². The number of ether oxygens (including phenoxy) is 1. The van der Waals surface area contributed by atoms with Gasteiger partial charge in [0.2, 0.25) is 5.91 Å². The van der Waals surface area contributed by atoms with Gasteiger partial charge in [-0.3, -0.25) is 4.79 Å². The monoisotopic (exact) mass is 284 g/mol. The first-order chi connectivity index (χ1) is 10.1. The van der Waals surface area contributed by atoms with Gasteiger partial charge in [-0.25, -0.2) is 0 Å². The van der Waals surface area contributed by atoms with Crippen molar-refractivity contribution >= 4 is 5.91 Å². The fraction of sp³-hybridized carbons (Fsp3) is 0.235. The van der Waals surface area contributed by atoms with Gasteiger partial charge in [0.1, 0.15) is 12.4 Å². The average molecular weight is 284 g/mol. The van der Waals surface area contributed by atoms with Crippen molar-refractivity contribution in [3.05, 3.63) is 65.7 Å². The zero-order valence-electron chi connectivity index (χ0n) is 12.1. The minimum Gasteiger partial charge on any atom is -0.489 e. The highest BCUT2D eigenvalue weighted by atomic mass is 16.5. The molecule has 0 heterocycles. The molecule has 0 aliphatic carbocycles. The highest BCUT2D eigenvalue weighted by molar-refractivity contribution is 5.79. The molecule has 2 rings (SSSR count). The number of para-hydroxylation sites is 1. The van der Waals surface area contributed by atoms with Crippen LogP contribution in [0.2, 0.25) is 0 Å². The van der Waals surface area contributed by atoms with Gasteiger partial charge in [-0.05, 0) is 30.2 Å². The molecule has 0 fully saturated rings. The van der Waals surface area contributed by atoms with Crippen LogP contribution in [0.5, 0.6) is 5.75 Å². The van der Waals surface area contributed by atoms with Crippen molar-refractivity contribution in [3.8, 4) is 5.75 Å². The Morgan fingerprint density at radius 1 is 1.10 bits per heavy atom. The molecule has 1 atom stereocenters. The van der Waals surface area contributed by atoms with Gasteiger partial charge in [-0.1, -0.05) is 42.5 Å². The first-order valence-electron chi connectivity index (χ1n) is 6.93. The number of hydrogen-bond acceptors (Lipinski definition) is 3. The number of rotatable bonds is 7. The number of primary amides is 1. The van der Waals surface area contributed by atoms with Crippen LogP contribution < -0.4 is 15.8 Å². The molecule has 0 saturated carbocycles. The highest BCUT2D eigenvalue weighted by Gasteiger charge is 2.06. The predicted octanol–water partition coefficient (Wildman–Crippen LogP) is 2.23. The summed E-state index contributed by atoms with van der Waals surface area (Å²) >= 11 is 0. The van der Waals surface area contributed by atoms with Gasteiger partial charge in [0.15, 0.2) is 0 Å². The maximum absolute atomic E-state index is 10.9. The second-order valence-corrected chi connectivity index (χ2v) is 4.92. The third-order valence-electron chi connectivity index (χ3n) is 3.21. The van der Waals surface area contributed by atoms with Crippen LogP contribution in [-0.4, -0.2) is 11.9 Å². The normalized spacial score (nSPS) is 11.9. The van der Waals surface area contributed by atoms with E-state index >= 15 is 0 Å². The van der Waals surface area contributed by atoms with E-state index in [9.17, 15) is 4.79 Å². The molecule has 3 N–H and O–H groups in total. The Bertz CT molecular complexity index is 567. The number of carbonyl (C=O) groups is 1. The summed E-state index contributed by atoms with van der Waals surface area (Å²) in [5.74, 6) is 0.515. The number of carbonyl (C=O) groups excluding carboxylic acids is 1. The van der Waals surface area contributed by atoms with E-state index in [-0.39, 0.29) is 11.9 Å². The van der Waals surface area contributed by atoms with Crippen LogP contribution in [-0.2, 0) is 17.9 Å². The zero-order chi connectivity index (χ0) is 15.1. The van der Waals surface area contributed by atoms with E-state index in [1.54, 1.807) is 6.92 Å². The summed E-state index contributed by atoms with van der Waals surface area (Å²) in [6, 6.07) is 17.5. The van der Waals surface area contributed by atoms with Gasteiger partial charge >= 0.3 is 0 Å². The van der Waals surface area contributed by atoms with Crippen molar-refractivity contribution in [2.75, 3.05) is 0 Å². The smallest absolute Gasteiger partial charge is 0.234 e. The van der Waals surface area contributed by atoms with E-state index in [1.165, 1.54) is 0 Å². The Morgan fingerprint density at radius 2 is 1.71 bits per heavy atom. The Balaban J connectivity index is 1.83. The Kier molecular flexibility index (Phi) is 5.35. The predicted molar refractivity (Wildman–Crippen MR) is 82.7 cm³/mol. The molecule has 110 valence electrons. The largest absolute Gasteiger partial charge is 0.489 e. The molecule has 0 bridgehead atoms. The third-order valence-corrected chi connectivity index (χ3v) is 3.21. The molecular weight excluding hydrogens is 264 g/mol. The van der Waals surface area contributed by atoms with E-state index in [1.807, 2.05) is 54.6 Å². The molecule has 0 radical (unpaired) electrons. The van der Waals surface area contributed by atoms with E-state index in [2.05, 4.69) is 5.32 Å². The average Bonchev–Trinajstić information content (AvgIpc) is 2.52. The second-order valence-electron chi connectivity index (χ2n) is 4.92. The number of hydrogen-bond donors (Lipinski definition) is 2. The topological polar surface area (TPSA) is 64.3 Å². The number of nitrogens with two attached hydrogens (primary N) is 1. The number of benzene rings is 2.